The van der Waals surface area contributed by atoms with Crippen LogP contribution in [0.4, 0.5) is 0 Å². The van der Waals surface area contributed by atoms with Crippen LogP contribution in [0.3, 0.4) is 0 Å². The molecule has 1 aromatic rings. The number of aromatic nitrogens is 2. The quantitative estimate of drug-likeness (QED) is 0.865. The van der Waals surface area contributed by atoms with Gasteiger partial charge in [-0.25, -0.2) is 0 Å². The van der Waals surface area contributed by atoms with E-state index in [2.05, 4.69) is 41.3 Å². The van der Waals surface area contributed by atoms with Crippen LogP contribution in [0.25, 0.3) is 0 Å². The Morgan fingerprint density at radius 2 is 2.32 bits per heavy atom. The van der Waals surface area contributed by atoms with Crippen molar-refractivity contribution in [3.63, 3.8) is 0 Å². The molecular formula is C13H24N4O2. The first-order valence-corrected chi connectivity index (χ1v) is 6.96. The standard InChI is InChI=1S/C13H24N4O2/c1-5-10(9(2)14-3)13-15-12(16-19-13)11-8-17(4)6-7-18-11/h9-11,14H,5-8H2,1-4H3. The molecule has 1 N–H and O–H groups in total. The molecule has 2 heterocycles. The molecule has 0 aliphatic carbocycles. The van der Waals surface area contributed by atoms with Crippen LogP contribution in [0.5, 0.6) is 0 Å². The van der Waals surface area contributed by atoms with Crippen molar-refractivity contribution in [2.24, 2.45) is 0 Å². The van der Waals surface area contributed by atoms with Crippen molar-refractivity contribution < 1.29 is 9.26 Å². The van der Waals surface area contributed by atoms with Crippen LogP contribution < -0.4 is 5.32 Å². The first-order valence-electron chi connectivity index (χ1n) is 6.96. The summed E-state index contributed by atoms with van der Waals surface area (Å²) >= 11 is 0. The van der Waals surface area contributed by atoms with E-state index < -0.39 is 0 Å². The minimum atomic E-state index is -0.0707. The molecule has 0 aromatic carbocycles. The van der Waals surface area contributed by atoms with Crippen molar-refractivity contribution in [2.45, 2.75) is 38.3 Å². The van der Waals surface area contributed by atoms with E-state index in [0.29, 0.717) is 17.8 Å². The molecule has 3 unspecified atom stereocenters. The van der Waals surface area contributed by atoms with Gasteiger partial charge in [0.2, 0.25) is 11.7 Å². The lowest BCUT2D eigenvalue weighted by molar-refractivity contribution is -0.0264. The van der Waals surface area contributed by atoms with E-state index >= 15 is 0 Å². The normalized spacial score (nSPS) is 24.3. The smallest absolute Gasteiger partial charge is 0.231 e. The molecule has 1 aliphatic rings. The summed E-state index contributed by atoms with van der Waals surface area (Å²) < 4.78 is 11.1. The highest BCUT2D eigenvalue weighted by molar-refractivity contribution is 5.00. The van der Waals surface area contributed by atoms with Crippen LogP contribution in [-0.2, 0) is 4.74 Å². The molecule has 0 saturated carbocycles. The third-order valence-electron chi connectivity index (χ3n) is 3.83. The van der Waals surface area contributed by atoms with Crippen molar-refractivity contribution in [1.82, 2.24) is 20.4 Å². The molecule has 1 fully saturated rings. The van der Waals surface area contributed by atoms with Gasteiger partial charge in [0.05, 0.1) is 12.5 Å². The Labute approximate surface area is 114 Å². The maximum Gasteiger partial charge on any atom is 0.231 e. The van der Waals surface area contributed by atoms with Crippen molar-refractivity contribution in [2.75, 3.05) is 33.8 Å². The minimum Gasteiger partial charge on any atom is -0.367 e. The van der Waals surface area contributed by atoms with Crippen LogP contribution in [0, 0.1) is 0 Å². The first kappa shape index (κ1) is 14.4. The van der Waals surface area contributed by atoms with Crippen molar-refractivity contribution >= 4 is 0 Å². The van der Waals surface area contributed by atoms with Crippen molar-refractivity contribution in [3.05, 3.63) is 11.7 Å². The predicted octanol–water partition coefficient (Wildman–Crippen LogP) is 1.17. The summed E-state index contributed by atoms with van der Waals surface area (Å²) in [4.78, 5) is 6.76. The molecule has 0 bridgehead atoms. The number of hydrogen-bond donors (Lipinski definition) is 1. The molecule has 1 aromatic heterocycles. The average Bonchev–Trinajstić information content (AvgIpc) is 2.89. The minimum absolute atomic E-state index is 0.0707. The van der Waals surface area contributed by atoms with Gasteiger partial charge in [-0.15, -0.1) is 0 Å². The summed E-state index contributed by atoms with van der Waals surface area (Å²) in [5, 5.41) is 7.34. The Morgan fingerprint density at radius 3 is 2.95 bits per heavy atom. The van der Waals surface area contributed by atoms with E-state index in [1.165, 1.54) is 0 Å². The molecule has 0 amide bonds. The van der Waals surface area contributed by atoms with E-state index in [1.807, 2.05) is 7.05 Å². The van der Waals surface area contributed by atoms with Crippen molar-refractivity contribution in [3.8, 4) is 0 Å². The van der Waals surface area contributed by atoms with E-state index in [9.17, 15) is 0 Å². The molecule has 108 valence electrons. The zero-order valence-corrected chi connectivity index (χ0v) is 12.2. The molecule has 6 heteroatoms. The van der Waals surface area contributed by atoms with Gasteiger partial charge in [0.25, 0.3) is 0 Å². The molecule has 6 nitrogen and oxygen atoms in total. The summed E-state index contributed by atoms with van der Waals surface area (Å²) in [6.07, 6.45) is 0.897. The van der Waals surface area contributed by atoms with Gasteiger partial charge in [-0.3, -0.25) is 0 Å². The summed E-state index contributed by atoms with van der Waals surface area (Å²) in [6.45, 7) is 6.75. The Hall–Kier alpha value is -0.980. The Kier molecular flexibility index (Phi) is 4.90. The molecule has 0 radical (unpaired) electrons. The average molecular weight is 268 g/mol. The summed E-state index contributed by atoms with van der Waals surface area (Å²) in [5.74, 6) is 1.62. The fourth-order valence-corrected chi connectivity index (χ4v) is 2.41. The predicted molar refractivity (Wildman–Crippen MR) is 72.0 cm³/mol. The lowest BCUT2D eigenvalue weighted by Crippen LogP contribution is -2.35. The van der Waals surface area contributed by atoms with Crippen LogP contribution in [0.2, 0.25) is 0 Å². The van der Waals surface area contributed by atoms with Gasteiger partial charge in [-0.2, -0.15) is 4.98 Å². The van der Waals surface area contributed by atoms with E-state index in [1.54, 1.807) is 0 Å². The maximum atomic E-state index is 5.71. The Bertz CT molecular complexity index is 396. The number of nitrogens with zero attached hydrogens (tertiary/aromatic N) is 3. The fourth-order valence-electron chi connectivity index (χ4n) is 2.41. The number of rotatable bonds is 5. The molecule has 19 heavy (non-hydrogen) atoms. The Morgan fingerprint density at radius 1 is 1.53 bits per heavy atom. The SMILES string of the molecule is CCC(c1nc(C2CN(C)CCO2)no1)C(C)NC. The Balaban J connectivity index is 2.09. The second-order valence-corrected chi connectivity index (χ2v) is 5.20. The fraction of sp³-hybridized carbons (Fsp3) is 0.846. The second kappa shape index (κ2) is 6.45. The van der Waals surface area contributed by atoms with Gasteiger partial charge >= 0.3 is 0 Å². The van der Waals surface area contributed by atoms with Gasteiger partial charge in [-0.05, 0) is 27.4 Å². The van der Waals surface area contributed by atoms with Crippen molar-refractivity contribution in [1.29, 1.82) is 0 Å². The van der Waals surface area contributed by atoms with E-state index in [4.69, 9.17) is 9.26 Å². The van der Waals surface area contributed by atoms with Gasteiger partial charge in [-0.1, -0.05) is 12.1 Å². The number of hydrogen-bond acceptors (Lipinski definition) is 6. The maximum absolute atomic E-state index is 5.71. The lowest BCUT2D eigenvalue weighted by atomic mass is 9.98. The molecule has 0 spiro atoms. The van der Waals surface area contributed by atoms with Crippen LogP contribution in [-0.4, -0.2) is 54.9 Å². The van der Waals surface area contributed by atoms with Gasteiger partial charge in [0.15, 0.2) is 0 Å². The van der Waals surface area contributed by atoms with E-state index in [-0.39, 0.29) is 12.0 Å². The van der Waals surface area contributed by atoms with Crippen LogP contribution in [0.15, 0.2) is 4.52 Å². The summed E-state index contributed by atoms with van der Waals surface area (Å²) in [6, 6.07) is 0.313. The van der Waals surface area contributed by atoms with Gasteiger partial charge < -0.3 is 19.5 Å². The third-order valence-corrected chi connectivity index (χ3v) is 3.83. The monoisotopic (exact) mass is 268 g/mol. The third kappa shape index (κ3) is 3.32. The second-order valence-electron chi connectivity index (χ2n) is 5.20. The summed E-state index contributed by atoms with van der Waals surface area (Å²) in [7, 11) is 4.03. The summed E-state index contributed by atoms with van der Waals surface area (Å²) in [5.41, 5.74) is 0. The zero-order valence-electron chi connectivity index (χ0n) is 12.2. The molecule has 3 atom stereocenters. The van der Waals surface area contributed by atoms with Crippen LogP contribution in [0.1, 0.15) is 44.0 Å². The topological polar surface area (TPSA) is 63.4 Å². The first-order chi connectivity index (χ1) is 9.15. The molecule has 1 aliphatic heterocycles. The zero-order chi connectivity index (χ0) is 13.8. The number of likely N-dealkylation sites (N-methyl/N-ethyl adjacent to an activating group) is 2. The molecule has 2 rings (SSSR count). The number of ether oxygens (including phenoxy) is 1. The van der Waals surface area contributed by atoms with E-state index in [0.717, 1.165) is 26.1 Å². The van der Waals surface area contributed by atoms with Crippen LogP contribution >= 0.6 is 0 Å². The van der Waals surface area contributed by atoms with Gasteiger partial charge in [0, 0.05) is 19.1 Å². The highest BCUT2D eigenvalue weighted by atomic mass is 16.5. The number of morpholine rings is 1. The molecular weight excluding hydrogens is 244 g/mol. The highest BCUT2D eigenvalue weighted by Crippen LogP contribution is 2.25. The number of nitrogens with one attached hydrogen (secondary N) is 1. The highest BCUT2D eigenvalue weighted by Gasteiger charge is 2.27. The molecule has 1 saturated heterocycles. The van der Waals surface area contributed by atoms with Gasteiger partial charge in [0.1, 0.15) is 6.10 Å². The lowest BCUT2D eigenvalue weighted by Gasteiger charge is -2.27. The largest absolute Gasteiger partial charge is 0.367 e.